The monoisotopic (exact) mass is 479 g/mol. The second-order valence-electron chi connectivity index (χ2n) is 10.0. The number of rotatable bonds is 5. The Morgan fingerprint density at radius 1 is 1.11 bits per heavy atom. The average Bonchev–Trinajstić information content (AvgIpc) is 3.12. The number of hydrogen-bond acceptors (Lipinski definition) is 8. The van der Waals surface area contributed by atoms with Crippen LogP contribution in [-0.4, -0.2) is 63.6 Å². The van der Waals surface area contributed by atoms with E-state index in [1.54, 1.807) is 24.1 Å². The van der Waals surface area contributed by atoms with E-state index < -0.39 is 5.60 Å². The van der Waals surface area contributed by atoms with Gasteiger partial charge in [-0.2, -0.15) is 5.10 Å². The van der Waals surface area contributed by atoms with Gasteiger partial charge in [0.05, 0.1) is 30.7 Å². The van der Waals surface area contributed by atoms with Crippen molar-refractivity contribution in [2.75, 3.05) is 30.4 Å². The molecule has 1 aliphatic carbocycles. The highest BCUT2D eigenvalue weighted by Gasteiger charge is 2.57. The van der Waals surface area contributed by atoms with Gasteiger partial charge in [0.1, 0.15) is 22.9 Å². The summed E-state index contributed by atoms with van der Waals surface area (Å²) in [6.45, 7) is 7.09. The molecule has 2 fully saturated rings. The van der Waals surface area contributed by atoms with Crippen LogP contribution in [0.2, 0.25) is 0 Å². The van der Waals surface area contributed by atoms with Crippen molar-refractivity contribution in [2.45, 2.75) is 32.4 Å². The number of benzene rings is 1. The fourth-order valence-electron chi connectivity index (χ4n) is 4.60. The zero-order valence-electron chi connectivity index (χ0n) is 20.4. The molecule has 2 aliphatic rings. The van der Waals surface area contributed by atoms with Crippen LogP contribution in [0.1, 0.15) is 31.3 Å². The lowest BCUT2D eigenvalue weighted by Gasteiger charge is -2.23. The number of nitrogens with one attached hydrogen (secondary N) is 2. The van der Waals surface area contributed by atoms with Crippen LogP contribution in [0, 0.1) is 11.8 Å². The summed E-state index contributed by atoms with van der Waals surface area (Å²) in [7, 11) is 3.38. The van der Waals surface area contributed by atoms with Gasteiger partial charge in [0.15, 0.2) is 0 Å². The number of alkyl carbamates (subject to hydrolysis) is 1. The van der Waals surface area contributed by atoms with Crippen LogP contribution < -0.4 is 20.3 Å². The molecule has 2 aromatic heterocycles. The molecule has 1 saturated heterocycles. The van der Waals surface area contributed by atoms with Gasteiger partial charge in [-0.25, -0.2) is 14.8 Å². The predicted octanol–water partition coefficient (Wildman–Crippen LogP) is 2.58. The normalized spacial score (nSPS) is 20.9. The molecule has 0 radical (unpaired) electrons. The summed E-state index contributed by atoms with van der Waals surface area (Å²) < 4.78 is 12.5. The van der Waals surface area contributed by atoms with Gasteiger partial charge >= 0.3 is 6.09 Å². The Hall–Kier alpha value is -3.89. The van der Waals surface area contributed by atoms with Crippen LogP contribution in [0.3, 0.4) is 0 Å². The summed E-state index contributed by atoms with van der Waals surface area (Å²) in [6, 6.07) is 3.73. The van der Waals surface area contributed by atoms with Gasteiger partial charge in [-0.05, 0) is 26.8 Å². The van der Waals surface area contributed by atoms with E-state index in [4.69, 9.17) is 9.47 Å². The summed E-state index contributed by atoms with van der Waals surface area (Å²) in [5.41, 5.74) is 1.00. The first-order valence-electron chi connectivity index (χ1n) is 11.5. The highest BCUT2D eigenvalue weighted by molar-refractivity contribution is 6.04. The third kappa shape index (κ3) is 4.71. The average molecular weight is 480 g/mol. The highest BCUT2D eigenvalue weighted by atomic mass is 16.6. The third-order valence-corrected chi connectivity index (χ3v) is 6.26. The van der Waals surface area contributed by atoms with Crippen molar-refractivity contribution in [3.63, 3.8) is 0 Å². The number of amides is 2. The van der Waals surface area contributed by atoms with Crippen molar-refractivity contribution < 1.29 is 19.1 Å². The number of fused-ring (bicyclic) bond motifs is 2. The quantitative estimate of drug-likeness (QED) is 0.572. The SMILES string of the molecule is COc1cc2nn(C)cc2cc1NC(=O)c1cnc(N2CC3C(C2)C3NC(=O)OC(C)(C)C)cn1. The molecule has 3 aromatic rings. The standard InChI is InChI=1S/C24H29N7O4/c1-24(2,3)35-23(33)28-21-14-11-31(12-15(14)21)20-9-25-18(8-26-20)22(32)27-17-6-13-10-30(4)29-16(13)7-19(17)34-5/h6-10,14-15,21H,11-12H2,1-5H3,(H,27,32)(H,28,33). The minimum Gasteiger partial charge on any atom is -0.494 e. The second-order valence-corrected chi connectivity index (χ2v) is 10.0. The van der Waals surface area contributed by atoms with E-state index in [-0.39, 0.29) is 23.7 Å². The Morgan fingerprint density at radius 2 is 1.86 bits per heavy atom. The van der Waals surface area contributed by atoms with E-state index in [0.717, 1.165) is 24.0 Å². The van der Waals surface area contributed by atoms with Gasteiger partial charge in [-0.15, -0.1) is 0 Å². The van der Waals surface area contributed by atoms with Crippen molar-refractivity contribution in [2.24, 2.45) is 18.9 Å². The number of hydrogen-bond donors (Lipinski definition) is 2. The number of carbonyl (C=O) groups excluding carboxylic acids is 2. The van der Waals surface area contributed by atoms with E-state index in [1.807, 2.05) is 40.1 Å². The maximum absolute atomic E-state index is 12.8. The highest BCUT2D eigenvalue weighted by Crippen LogP contribution is 2.46. The van der Waals surface area contributed by atoms with E-state index in [1.165, 1.54) is 6.20 Å². The molecule has 2 amide bonds. The Morgan fingerprint density at radius 3 is 2.49 bits per heavy atom. The Balaban J connectivity index is 1.19. The van der Waals surface area contributed by atoms with Crippen molar-refractivity contribution in [3.8, 4) is 5.75 Å². The Labute approximate surface area is 202 Å². The molecule has 11 heteroatoms. The molecule has 35 heavy (non-hydrogen) atoms. The van der Waals surface area contributed by atoms with Crippen molar-refractivity contribution in [3.05, 3.63) is 36.4 Å². The molecule has 11 nitrogen and oxygen atoms in total. The Kier molecular flexibility index (Phi) is 5.49. The third-order valence-electron chi connectivity index (χ3n) is 6.26. The zero-order valence-corrected chi connectivity index (χ0v) is 20.4. The molecule has 2 N–H and O–H groups in total. The molecule has 1 aliphatic heterocycles. The molecule has 3 heterocycles. The topological polar surface area (TPSA) is 124 Å². The van der Waals surface area contributed by atoms with E-state index in [0.29, 0.717) is 29.1 Å². The fourth-order valence-corrected chi connectivity index (χ4v) is 4.60. The summed E-state index contributed by atoms with van der Waals surface area (Å²) in [5, 5.41) is 11.1. The summed E-state index contributed by atoms with van der Waals surface area (Å²) in [6.07, 6.45) is 4.57. The van der Waals surface area contributed by atoms with Crippen LogP contribution in [0.15, 0.2) is 30.7 Å². The van der Waals surface area contributed by atoms with Crippen molar-refractivity contribution in [1.82, 2.24) is 25.1 Å². The number of carbonyl (C=O) groups is 2. The lowest BCUT2D eigenvalue weighted by molar-refractivity contribution is 0.0518. The largest absolute Gasteiger partial charge is 0.494 e. The first-order chi connectivity index (χ1) is 16.6. The van der Waals surface area contributed by atoms with Crippen LogP contribution in [0.5, 0.6) is 5.75 Å². The lowest BCUT2D eigenvalue weighted by atomic mass is 10.2. The molecule has 2 unspecified atom stereocenters. The van der Waals surface area contributed by atoms with Gasteiger partial charge in [0.2, 0.25) is 0 Å². The first-order valence-corrected chi connectivity index (χ1v) is 11.5. The smallest absolute Gasteiger partial charge is 0.407 e. The maximum Gasteiger partial charge on any atom is 0.407 e. The van der Waals surface area contributed by atoms with Crippen LogP contribution in [0.4, 0.5) is 16.3 Å². The summed E-state index contributed by atoms with van der Waals surface area (Å²) >= 11 is 0. The fraction of sp³-hybridized carbons (Fsp3) is 0.458. The van der Waals surface area contributed by atoms with Crippen molar-refractivity contribution >= 4 is 34.4 Å². The maximum atomic E-state index is 12.8. The van der Waals surface area contributed by atoms with Gasteiger partial charge in [-0.1, -0.05) is 0 Å². The molecular weight excluding hydrogens is 450 g/mol. The number of aryl methyl sites for hydroxylation is 1. The second kappa shape index (κ2) is 8.40. The van der Waals surface area contributed by atoms with Gasteiger partial charge in [0.25, 0.3) is 5.91 Å². The minimum absolute atomic E-state index is 0.131. The van der Waals surface area contributed by atoms with Gasteiger partial charge in [-0.3, -0.25) is 9.48 Å². The van der Waals surface area contributed by atoms with Crippen LogP contribution >= 0.6 is 0 Å². The van der Waals surface area contributed by atoms with E-state index in [9.17, 15) is 9.59 Å². The molecule has 1 aromatic carbocycles. The first kappa shape index (κ1) is 22.9. The molecule has 184 valence electrons. The van der Waals surface area contributed by atoms with Gasteiger partial charge < -0.3 is 25.0 Å². The van der Waals surface area contributed by atoms with E-state index in [2.05, 4.69) is 30.6 Å². The number of anilines is 2. The van der Waals surface area contributed by atoms with E-state index >= 15 is 0 Å². The summed E-state index contributed by atoms with van der Waals surface area (Å²) in [4.78, 5) is 35.7. The number of ether oxygens (including phenoxy) is 2. The minimum atomic E-state index is -0.514. The molecule has 0 spiro atoms. The summed E-state index contributed by atoms with van der Waals surface area (Å²) in [5.74, 6) is 1.57. The van der Waals surface area contributed by atoms with Crippen molar-refractivity contribution in [1.29, 1.82) is 0 Å². The number of piperidine rings is 1. The molecule has 1 saturated carbocycles. The predicted molar refractivity (Wildman–Crippen MR) is 130 cm³/mol. The number of aromatic nitrogens is 4. The molecular formula is C24H29N7O4. The lowest BCUT2D eigenvalue weighted by Crippen LogP contribution is -2.38. The molecule has 5 rings (SSSR count). The number of nitrogens with zero attached hydrogens (tertiary/aromatic N) is 5. The molecule has 0 bridgehead atoms. The van der Waals surface area contributed by atoms with Crippen LogP contribution in [-0.2, 0) is 11.8 Å². The molecule has 2 atom stereocenters. The zero-order chi connectivity index (χ0) is 24.9. The number of methoxy groups -OCH3 is 1. The van der Waals surface area contributed by atoms with Gasteiger partial charge in [0, 0.05) is 55.7 Å². The van der Waals surface area contributed by atoms with Crippen LogP contribution in [0.25, 0.3) is 10.9 Å². The Bertz CT molecular complexity index is 1270.